The predicted molar refractivity (Wildman–Crippen MR) is 87.9 cm³/mol. The fourth-order valence-electron chi connectivity index (χ4n) is 1.19. The average Bonchev–Trinajstić information content (AvgIpc) is 2.18. The number of quaternary nitrogens is 4. The van der Waals surface area contributed by atoms with Crippen molar-refractivity contribution in [1.29, 1.82) is 0 Å². The minimum atomic E-state index is 0. The Morgan fingerprint density at radius 1 is 0.260 bits per heavy atom. The van der Waals surface area contributed by atoms with Gasteiger partial charge in [0.1, 0.15) is 26.2 Å². The molecular formula is C12H36Mo8N4O26-48. The molecule has 0 saturated heterocycles. The van der Waals surface area contributed by atoms with Gasteiger partial charge in [-0.25, -0.2) is 0 Å². The van der Waals surface area contributed by atoms with Gasteiger partial charge in [0.15, 0.2) is 0 Å². The summed E-state index contributed by atoms with van der Waals surface area (Å²) in [7, 11) is 8.74. The standard InChI is InChI=1S/2C6H16N2.8Mo.26O/c2*1-4-7-5-6-8(2)3;;;;;;;;;;;;;;;;;;;;;;;;;;;;;;;;;;/h2*7H,4-6H2,1-3H3;;;;;;;;;;;;;;;;;;;;;;;;;;;;;;;;;;/q;;;;;;;;;;26*-2/p+4. The van der Waals surface area contributed by atoms with E-state index in [0.29, 0.717) is 0 Å². The minimum absolute atomic E-state index is 0. The van der Waals surface area contributed by atoms with Crippen LogP contribution in [-0.2, 0) is 311 Å². The van der Waals surface area contributed by atoms with E-state index < -0.39 is 0 Å². The van der Waals surface area contributed by atoms with E-state index in [1.54, 1.807) is 0 Å². The summed E-state index contributed by atoms with van der Waals surface area (Å²) in [5.41, 5.74) is 0. The molecule has 0 bridgehead atoms. The number of likely N-dealkylation sites (N-methyl/N-ethyl adjacent to an activating group) is 4. The van der Waals surface area contributed by atoms with Gasteiger partial charge in [0.2, 0.25) is 0 Å². The topological polar surface area (TPSA) is 783 Å². The fraction of sp³-hybridized carbons (Fsp3) is 1.00. The van der Waals surface area contributed by atoms with Crippen LogP contribution in [0.15, 0.2) is 0 Å². The van der Waals surface area contributed by atoms with Crippen LogP contribution in [0.4, 0.5) is 0 Å². The summed E-state index contributed by atoms with van der Waals surface area (Å²) in [4.78, 5) is 3.07. The Morgan fingerprint density at radius 3 is 0.420 bits per heavy atom. The molecule has 0 amide bonds. The van der Waals surface area contributed by atoms with Crippen molar-refractivity contribution in [3.63, 3.8) is 0 Å². The van der Waals surface area contributed by atoms with Crippen LogP contribution in [0.3, 0.4) is 0 Å². The molecule has 0 fully saturated rings. The summed E-state index contributed by atoms with van der Waals surface area (Å²) in [5, 5.41) is 4.65. The van der Waals surface area contributed by atoms with E-state index in [2.05, 4.69) is 52.7 Å². The van der Waals surface area contributed by atoms with Crippen LogP contribution in [-0.4, -0.2) is 67.5 Å². The van der Waals surface area contributed by atoms with Gasteiger partial charge in [-0.15, -0.1) is 0 Å². The fourth-order valence-corrected chi connectivity index (χ4v) is 1.19. The SMILES string of the molecule is CC[NH2+]CC[NH+](C)C.CC[NH2+]CC[NH+](C)C.[Mo].[Mo].[Mo].[Mo].[Mo].[Mo].[Mo].[Mo].[O-2].[O-2].[O-2].[O-2].[O-2].[O-2].[O-2].[O-2].[O-2].[O-2].[O-2].[O-2].[O-2].[O-2].[O-2].[O-2].[O-2].[O-2].[O-2].[O-2].[O-2].[O-2].[O-2].[O-2].[O-2].[O-2]. The molecular weight excluding hydrogens is 1380 g/mol. The van der Waals surface area contributed by atoms with Crippen molar-refractivity contribution in [1.82, 2.24) is 0 Å². The Hall–Kier alpha value is 4.31. The molecule has 0 aliphatic rings. The third kappa shape index (κ3) is 673. The molecule has 0 heterocycles. The van der Waals surface area contributed by atoms with Gasteiger partial charge in [-0.3, -0.25) is 0 Å². The Labute approximate surface area is 408 Å². The van der Waals surface area contributed by atoms with E-state index >= 15 is 0 Å². The molecule has 38 heteroatoms. The Kier molecular flexibility index (Phi) is 4010. The van der Waals surface area contributed by atoms with Crippen molar-refractivity contribution >= 4 is 0 Å². The number of nitrogens with two attached hydrogens (primary N) is 2. The van der Waals surface area contributed by atoms with E-state index in [0.717, 1.165) is 0 Å². The molecule has 0 atom stereocenters. The van der Waals surface area contributed by atoms with Gasteiger partial charge in [-0.05, 0) is 13.8 Å². The summed E-state index contributed by atoms with van der Waals surface area (Å²) in [6.45, 7) is 11.9. The van der Waals surface area contributed by atoms with E-state index in [-0.39, 0.29) is 311 Å². The number of nitrogens with one attached hydrogen (secondary N) is 2. The third-order valence-electron chi connectivity index (χ3n) is 2.27. The number of rotatable bonds is 8. The van der Waals surface area contributed by atoms with Gasteiger partial charge in [0.05, 0.1) is 41.3 Å². The quantitative estimate of drug-likeness (QED) is 0.130. The van der Waals surface area contributed by atoms with Crippen LogP contribution < -0.4 is 20.4 Å². The second kappa shape index (κ2) is 435. The molecule has 0 aromatic heterocycles. The molecule has 0 aromatic rings. The second-order valence-electron chi connectivity index (χ2n) is 4.89. The van der Waals surface area contributed by atoms with Crippen LogP contribution in [0.25, 0.3) is 0 Å². The van der Waals surface area contributed by atoms with Crippen molar-refractivity contribution in [3.05, 3.63) is 0 Å². The summed E-state index contributed by atoms with van der Waals surface area (Å²) >= 11 is 0. The molecule has 6 N–H and O–H groups in total. The summed E-state index contributed by atoms with van der Waals surface area (Å²) in [6, 6.07) is 0. The number of hydrogen-bond acceptors (Lipinski definition) is 0. The minimum Gasteiger partial charge on any atom is -2.00 e. The molecule has 356 valence electrons. The molecule has 0 rings (SSSR count). The maximum absolute atomic E-state index is 2.33. The smallest absolute Gasteiger partial charge is 0.126 e. The van der Waals surface area contributed by atoms with Gasteiger partial charge >= 0.3 is 0 Å². The van der Waals surface area contributed by atoms with E-state index in [1.807, 2.05) is 0 Å². The molecule has 30 nitrogen and oxygen atoms in total. The first-order chi connectivity index (χ1) is 7.54. The van der Waals surface area contributed by atoms with Crippen molar-refractivity contribution in [3.8, 4) is 0 Å². The maximum atomic E-state index is 2.33. The zero-order chi connectivity index (χ0) is 12.8. The van der Waals surface area contributed by atoms with Crippen LogP contribution in [0.2, 0.25) is 0 Å². The zero-order valence-electron chi connectivity index (χ0n) is 26.3. The van der Waals surface area contributed by atoms with Gasteiger partial charge in [0, 0.05) is 169 Å². The molecule has 0 spiro atoms. The molecule has 0 aromatic carbocycles. The maximum Gasteiger partial charge on any atom is 0.126 e. The molecule has 0 saturated carbocycles. The van der Waals surface area contributed by atoms with Gasteiger partial charge in [0.25, 0.3) is 0 Å². The third-order valence-corrected chi connectivity index (χ3v) is 2.27. The van der Waals surface area contributed by atoms with Crippen LogP contribution in [0, 0.1) is 0 Å². The first-order valence-corrected chi connectivity index (χ1v) is 6.75. The van der Waals surface area contributed by atoms with Crippen LogP contribution >= 0.6 is 0 Å². The van der Waals surface area contributed by atoms with Crippen molar-refractivity contribution in [2.75, 3.05) is 67.5 Å². The second-order valence-corrected chi connectivity index (χ2v) is 4.89. The first kappa shape index (κ1) is 460. The molecule has 0 unspecified atom stereocenters. The van der Waals surface area contributed by atoms with E-state index in [9.17, 15) is 0 Å². The molecule has 0 aliphatic carbocycles. The van der Waals surface area contributed by atoms with Crippen molar-refractivity contribution < 1.29 is 331 Å². The largest absolute Gasteiger partial charge is 2.00 e. The molecule has 0 aliphatic heterocycles. The summed E-state index contributed by atoms with van der Waals surface area (Å²) < 4.78 is 0. The van der Waals surface area contributed by atoms with Gasteiger partial charge < -0.3 is 163 Å². The first-order valence-electron chi connectivity index (χ1n) is 6.75. The summed E-state index contributed by atoms with van der Waals surface area (Å²) in [5.74, 6) is 0. The van der Waals surface area contributed by atoms with Gasteiger partial charge in [-0.1, -0.05) is 0 Å². The average molecular weight is 1420 g/mol. The monoisotopic (exact) mass is 1440 g/mol. The Bertz CT molecular complexity index is 174. The molecule has 0 radical (unpaired) electrons. The van der Waals surface area contributed by atoms with Gasteiger partial charge in [-0.2, -0.15) is 0 Å². The van der Waals surface area contributed by atoms with E-state index in [4.69, 9.17) is 0 Å². The van der Waals surface area contributed by atoms with Crippen LogP contribution in [0.1, 0.15) is 13.8 Å². The zero-order valence-corrected chi connectivity index (χ0v) is 42.3. The normalized spacial score (nSPS) is 3.36. The molecule has 50 heavy (non-hydrogen) atoms. The van der Waals surface area contributed by atoms with Crippen molar-refractivity contribution in [2.45, 2.75) is 13.8 Å². The van der Waals surface area contributed by atoms with Crippen LogP contribution in [0.5, 0.6) is 0 Å². The number of hydrogen-bond donors (Lipinski definition) is 4. The summed E-state index contributed by atoms with van der Waals surface area (Å²) in [6.07, 6.45) is 0. The Balaban J connectivity index is -0.00000000137. The Morgan fingerprint density at radius 2 is 0.360 bits per heavy atom. The van der Waals surface area contributed by atoms with Crippen molar-refractivity contribution in [2.24, 2.45) is 0 Å². The van der Waals surface area contributed by atoms with E-state index in [1.165, 1.54) is 49.1 Å². The predicted octanol–water partition coefficient (Wildman–Crippen LogP) is -7.68.